The maximum absolute atomic E-state index is 11.4. The molecule has 0 aromatic carbocycles. The first-order valence-electron chi connectivity index (χ1n) is 5.73. The molecule has 0 aliphatic carbocycles. The van der Waals surface area contributed by atoms with E-state index >= 15 is 0 Å². The summed E-state index contributed by atoms with van der Waals surface area (Å²) in [5, 5.41) is 3.14. The predicted octanol–water partition coefficient (Wildman–Crippen LogP) is 1.76. The fraction of sp³-hybridized carbons (Fsp3) is 0.583. The van der Waals surface area contributed by atoms with E-state index in [1.54, 1.807) is 18.0 Å². The molecule has 0 bridgehead atoms. The summed E-state index contributed by atoms with van der Waals surface area (Å²) in [6.45, 7) is 4.56. The molecule has 0 saturated heterocycles. The Morgan fingerprint density at radius 1 is 1.65 bits per heavy atom. The van der Waals surface area contributed by atoms with Crippen LogP contribution in [-0.2, 0) is 10.5 Å². The number of amides is 1. The third kappa shape index (κ3) is 4.44. The van der Waals surface area contributed by atoms with Gasteiger partial charge in [0.15, 0.2) is 0 Å². The van der Waals surface area contributed by atoms with Crippen LogP contribution < -0.4 is 11.1 Å². The summed E-state index contributed by atoms with van der Waals surface area (Å²) in [5.41, 5.74) is 4.80. The first kappa shape index (κ1) is 14.1. The molecule has 4 nitrogen and oxygen atoms in total. The molecule has 96 valence electrons. The predicted molar refractivity (Wildman–Crippen MR) is 70.8 cm³/mol. The molecule has 0 spiro atoms. The van der Waals surface area contributed by atoms with E-state index in [9.17, 15) is 4.79 Å². The molecule has 17 heavy (non-hydrogen) atoms. The molecular formula is C12H20N2O2S. The average Bonchev–Trinajstić information content (AvgIpc) is 2.77. The fourth-order valence-corrected chi connectivity index (χ4v) is 2.60. The minimum absolute atomic E-state index is 0.294. The molecule has 1 rings (SSSR count). The molecule has 0 aliphatic rings. The van der Waals surface area contributed by atoms with Crippen LogP contribution in [0, 0.1) is 0 Å². The van der Waals surface area contributed by atoms with Crippen LogP contribution in [0.15, 0.2) is 22.8 Å². The second-order valence-corrected chi connectivity index (χ2v) is 5.21. The summed E-state index contributed by atoms with van der Waals surface area (Å²) < 4.78 is 5.23. The van der Waals surface area contributed by atoms with E-state index in [4.69, 9.17) is 10.2 Å². The van der Waals surface area contributed by atoms with Gasteiger partial charge in [-0.2, -0.15) is 11.8 Å². The van der Waals surface area contributed by atoms with Crippen LogP contribution in [0.4, 0.5) is 0 Å². The Bertz CT molecular complexity index is 340. The summed E-state index contributed by atoms with van der Waals surface area (Å²) in [7, 11) is 0. The number of carbonyl (C=O) groups is 1. The van der Waals surface area contributed by atoms with E-state index in [1.165, 1.54) is 0 Å². The summed E-state index contributed by atoms with van der Waals surface area (Å²) in [6.07, 6.45) is 2.39. The van der Waals surface area contributed by atoms with Crippen molar-refractivity contribution in [2.24, 2.45) is 5.73 Å². The van der Waals surface area contributed by atoms with E-state index in [0.29, 0.717) is 0 Å². The largest absolute Gasteiger partial charge is 0.468 e. The quantitative estimate of drug-likeness (QED) is 0.695. The molecule has 5 heteroatoms. The molecule has 1 atom stereocenters. The Balaban J connectivity index is 2.30. The second kappa shape index (κ2) is 6.71. The number of furan rings is 1. The number of hydrogen-bond acceptors (Lipinski definition) is 4. The van der Waals surface area contributed by atoms with Crippen LogP contribution in [0.25, 0.3) is 0 Å². The van der Waals surface area contributed by atoms with E-state index < -0.39 is 5.54 Å². The highest BCUT2D eigenvalue weighted by Gasteiger charge is 2.29. The Morgan fingerprint density at radius 2 is 2.41 bits per heavy atom. The number of hydrogen-bond donors (Lipinski definition) is 2. The van der Waals surface area contributed by atoms with Gasteiger partial charge < -0.3 is 15.5 Å². The minimum Gasteiger partial charge on any atom is -0.468 e. The molecule has 1 aromatic heterocycles. The minimum atomic E-state index is -0.606. The number of nitrogens with two attached hydrogens (primary N) is 1. The van der Waals surface area contributed by atoms with Crippen LogP contribution >= 0.6 is 11.8 Å². The Morgan fingerprint density at radius 3 is 2.94 bits per heavy atom. The van der Waals surface area contributed by atoms with Crippen LogP contribution in [0.1, 0.15) is 26.0 Å². The van der Waals surface area contributed by atoms with E-state index in [-0.39, 0.29) is 5.91 Å². The lowest BCUT2D eigenvalue weighted by molar-refractivity contribution is -0.123. The van der Waals surface area contributed by atoms with E-state index in [1.807, 2.05) is 26.0 Å². The fourth-order valence-electron chi connectivity index (χ4n) is 1.53. The number of thioether (sulfide) groups is 1. The molecule has 0 saturated carbocycles. The van der Waals surface area contributed by atoms with E-state index in [2.05, 4.69) is 5.32 Å². The third-order valence-corrected chi connectivity index (χ3v) is 3.66. The highest BCUT2D eigenvalue weighted by molar-refractivity contribution is 7.98. The van der Waals surface area contributed by atoms with Gasteiger partial charge in [0, 0.05) is 0 Å². The lowest BCUT2D eigenvalue weighted by atomic mass is 9.98. The van der Waals surface area contributed by atoms with Crippen LogP contribution in [-0.4, -0.2) is 23.7 Å². The molecule has 1 amide bonds. The molecule has 1 aromatic rings. The van der Waals surface area contributed by atoms with Gasteiger partial charge in [0.25, 0.3) is 0 Å². The van der Waals surface area contributed by atoms with Crippen molar-refractivity contribution in [1.82, 2.24) is 5.32 Å². The topological polar surface area (TPSA) is 68.3 Å². The van der Waals surface area contributed by atoms with Gasteiger partial charge >= 0.3 is 0 Å². The lowest BCUT2D eigenvalue weighted by Gasteiger charge is -2.26. The first-order chi connectivity index (χ1) is 8.08. The summed E-state index contributed by atoms with van der Waals surface area (Å²) in [5.74, 6) is 2.36. The van der Waals surface area contributed by atoms with Gasteiger partial charge in [0.05, 0.1) is 17.6 Å². The second-order valence-electron chi connectivity index (χ2n) is 4.11. The monoisotopic (exact) mass is 256 g/mol. The maximum Gasteiger partial charge on any atom is 0.237 e. The number of primary amides is 1. The van der Waals surface area contributed by atoms with Crippen molar-refractivity contribution in [2.75, 3.05) is 12.3 Å². The van der Waals surface area contributed by atoms with Gasteiger partial charge in [-0.15, -0.1) is 0 Å². The highest BCUT2D eigenvalue weighted by Crippen LogP contribution is 2.18. The molecule has 1 heterocycles. The van der Waals surface area contributed by atoms with Crippen molar-refractivity contribution in [3.63, 3.8) is 0 Å². The average molecular weight is 256 g/mol. The number of nitrogens with one attached hydrogen (secondary N) is 1. The molecule has 0 radical (unpaired) electrons. The molecule has 3 N–H and O–H groups in total. The number of likely N-dealkylation sites (N-methyl/N-ethyl adjacent to an activating group) is 1. The lowest BCUT2D eigenvalue weighted by Crippen LogP contribution is -2.53. The van der Waals surface area contributed by atoms with Crippen LogP contribution in [0.3, 0.4) is 0 Å². The summed E-state index contributed by atoms with van der Waals surface area (Å²) in [4.78, 5) is 11.4. The van der Waals surface area contributed by atoms with Crippen LogP contribution in [0.5, 0.6) is 0 Å². The molecular weight excluding hydrogens is 236 g/mol. The van der Waals surface area contributed by atoms with Gasteiger partial charge in [-0.25, -0.2) is 0 Å². The normalized spacial score (nSPS) is 14.5. The zero-order valence-corrected chi connectivity index (χ0v) is 11.2. The van der Waals surface area contributed by atoms with Crippen molar-refractivity contribution < 1.29 is 9.21 Å². The number of carbonyl (C=O) groups excluding carboxylic acids is 1. The highest BCUT2D eigenvalue weighted by atomic mass is 32.2. The molecule has 1 unspecified atom stereocenters. The van der Waals surface area contributed by atoms with Gasteiger partial charge in [-0.3, -0.25) is 4.79 Å². The SMILES string of the molecule is CCNC(C)(CCSCc1ccco1)C(N)=O. The van der Waals surface area contributed by atoms with Gasteiger partial charge in [0.1, 0.15) is 5.76 Å². The molecule has 0 aliphatic heterocycles. The standard InChI is InChI=1S/C12H20N2O2S/c1-3-14-12(2,11(13)15)6-8-17-9-10-5-4-7-16-10/h4-5,7,14H,3,6,8-9H2,1-2H3,(H2,13,15). The number of rotatable bonds is 8. The van der Waals surface area contributed by atoms with Gasteiger partial charge in [-0.05, 0) is 37.8 Å². The maximum atomic E-state index is 11.4. The zero-order chi connectivity index (χ0) is 12.7. The van der Waals surface area contributed by atoms with Gasteiger partial charge in [-0.1, -0.05) is 6.92 Å². The third-order valence-electron chi connectivity index (χ3n) is 2.68. The summed E-state index contributed by atoms with van der Waals surface area (Å²) >= 11 is 1.74. The van der Waals surface area contributed by atoms with Crippen molar-refractivity contribution in [1.29, 1.82) is 0 Å². The Hall–Kier alpha value is -0.940. The van der Waals surface area contributed by atoms with Crippen LogP contribution in [0.2, 0.25) is 0 Å². The van der Waals surface area contributed by atoms with E-state index in [0.717, 1.165) is 30.2 Å². The Kier molecular flexibility index (Phi) is 5.58. The van der Waals surface area contributed by atoms with Crippen molar-refractivity contribution in [3.8, 4) is 0 Å². The van der Waals surface area contributed by atoms with Gasteiger partial charge in [0.2, 0.25) is 5.91 Å². The zero-order valence-electron chi connectivity index (χ0n) is 10.4. The molecule has 0 fully saturated rings. The van der Waals surface area contributed by atoms with Crippen molar-refractivity contribution >= 4 is 17.7 Å². The van der Waals surface area contributed by atoms with Crippen molar-refractivity contribution in [2.45, 2.75) is 31.6 Å². The smallest absolute Gasteiger partial charge is 0.237 e. The Labute approximate surface area is 106 Å². The first-order valence-corrected chi connectivity index (χ1v) is 6.89. The summed E-state index contributed by atoms with van der Waals surface area (Å²) in [6, 6.07) is 3.83. The van der Waals surface area contributed by atoms with Crippen molar-refractivity contribution in [3.05, 3.63) is 24.2 Å².